The fourth-order valence-electron chi connectivity index (χ4n) is 4.22. The second kappa shape index (κ2) is 5.15. The van der Waals surface area contributed by atoms with Gasteiger partial charge in [-0.3, -0.25) is 0 Å². The molecule has 3 heteroatoms. The van der Waals surface area contributed by atoms with Crippen molar-refractivity contribution in [2.75, 3.05) is 0 Å². The Kier molecular flexibility index (Phi) is 3.24. The molecule has 0 saturated carbocycles. The quantitative estimate of drug-likeness (QED) is 0.705. The molecule has 0 radical (unpaired) electrons. The molecule has 2 aliphatic heterocycles. The average molecular weight is 311 g/mol. The van der Waals surface area contributed by atoms with Crippen molar-refractivity contribution < 1.29 is 0 Å². The van der Waals surface area contributed by atoms with Crippen LogP contribution in [0.5, 0.6) is 0 Å². The first kappa shape index (κ1) is 13.9. The van der Waals surface area contributed by atoms with Crippen LogP contribution in [0, 0.1) is 0 Å². The Morgan fingerprint density at radius 2 is 1.68 bits per heavy atom. The molecule has 2 atom stereocenters. The Morgan fingerprint density at radius 3 is 2.55 bits per heavy atom. The van der Waals surface area contributed by atoms with Gasteiger partial charge < -0.3 is 9.88 Å². The SMILES string of the molecule is Cl.c1ccc(-n2c3c(c4ccccc42)C2CCC(C3)N2)cc1. The van der Waals surface area contributed by atoms with Crippen LogP contribution in [0.15, 0.2) is 54.6 Å². The number of nitrogens with one attached hydrogen (secondary N) is 1. The lowest BCUT2D eigenvalue weighted by Crippen LogP contribution is -2.32. The molecule has 0 amide bonds. The molecule has 1 fully saturated rings. The van der Waals surface area contributed by atoms with Crippen LogP contribution >= 0.6 is 12.4 Å². The first-order valence-corrected chi connectivity index (χ1v) is 7.85. The number of hydrogen-bond acceptors (Lipinski definition) is 1. The molecule has 1 aromatic heterocycles. The summed E-state index contributed by atoms with van der Waals surface area (Å²) in [6, 6.07) is 20.9. The van der Waals surface area contributed by atoms with Gasteiger partial charge in [0.15, 0.2) is 0 Å². The van der Waals surface area contributed by atoms with Crippen LogP contribution in [-0.4, -0.2) is 10.6 Å². The van der Waals surface area contributed by atoms with Crippen molar-refractivity contribution in [2.24, 2.45) is 0 Å². The summed E-state index contributed by atoms with van der Waals surface area (Å²) in [5.41, 5.74) is 5.70. The number of para-hydroxylation sites is 2. The van der Waals surface area contributed by atoms with Gasteiger partial charge in [-0.2, -0.15) is 0 Å². The van der Waals surface area contributed by atoms with Gasteiger partial charge >= 0.3 is 0 Å². The second-order valence-electron chi connectivity index (χ2n) is 6.25. The molecule has 5 rings (SSSR count). The standard InChI is InChI=1S/C19H18N2.ClH/c1-2-6-14(7-3-1)21-17-9-5-4-8-15(17)19-16-11-10-13(20-16)12-18(19)21;/h1-9,13,16,20H,10-12H2;1H. The number of halogens is 1. The van der Waals surface area contributed by atoms with E-state index in [4.69, 9.17) is 0 Å². The fraction of sp³-hybridized carbons (Fsp3) is 0.263. The molecule has 22 heavy (non-hydrogen) atoms. The van der Waals surface area contributed by atoms with E-state index in [9.17, 15) is 0 Å². The second-order valence-corrected chi connectivity index (χ2v) is 6.25. The van der Waals surface area contributed by atoms with E-state index in [1.165, 1.54) is 35.1 Å². The van der Waals surface area contributed by atoms with Crippen LogP contribution in [0.1, 0.15) is 30.1 Å². The lowest BCUT2D eigenvalue weighted by molar-refractivity contribution is 0.508. The van der Waals surface area contributed by atoms with Crippen molar-refractivity contribution in [2.45, 2.75) is 31.3 Å². The van der Waals surface area contributed by atoms with Crippen LogP contribution < -0.4 is 5.32 Å². The summed E-state index contributed by atoms with van der Waals surface area (Å²) >= 11 is 0. The Balaban J connectivity index is 0.00000125. The zero-order valence-corrected chi connectivity index (χ0v) is 13.1. The van der Waals surface area contributed by atoms with E-state index in [-0.39, 0.29) is 12.4 Å². The summed E-state index contributed by atoms with van der Waals surface area (Å²) in [6.07, 6.45) is 3.73. The van der Waals surface area contributed by atoms with Crippen molar-refractivity contribution in [3.63, 3.8) is 0 Å². The van der Waals surface area contributed by atoms with Gasteiger partial charge in [-0.1, -0.05) is 36.4 Å². The highest BCUT2D eigenvalue weighted by atomic mass is 35.5. The molecule has 2 bridgehead atoms. The number of rotatable bonds is 1. The first-order valence-electron chi connectivity index (χ1n) is 7.85. The minimum Gasteiger partial charge on any atom is -0.313 e. The highest BCUT2D eigenvalue weighted by molar-refractivity contribution is 5.88. The molecule has 2 aromatic carbocycles. The number of aromatic nitrogens is 1. The molecule has 2 aliphatic rings. The van der Waals surface area contributed by atoms with Gasteiger partial charge in [-0.15, -0.1) is 12.4 Å². The molecule has 3 aromatic rings. The van der Waals surface area contributed by atoms with E-state index in [1.807, 2.05) is 0 Å². The number of hydrogen-bond donors (Lipinski definition) is 1. The molecule has 2 nitrogen and oxygen atoms in total. The van der Waals surface area contributed by atoms with Gasteiger partial charge in [-0.25, -0.2) is 0 Å². The van der Waals surface area contributed by atoms with Gasteiger partial charge in [-0.05, 0) is 36.6 Å². The zero-order valence-electron chi connectivity index (χ0n) is 12.3. The van der Waals surface area contributed by atoms with Crippen LogP contribution in [-0.2, 0) is 6.42 Å². The van der Waals surface area contributed by atoms with E-state index >= 15 is 0 Å². The molecule has 112 valence electrons. The molecule has 2 unspecified atom stereocenters. The average Bonchev–Trinajstić information content (AvgIpc) is 3.07. The van der Waals surface area contributed by atoms with Gasteiger partial charge in [0.2, 0.25) is 0 Å². The summed E-state index contributed by atoms with van der Waals surface area (Å²) in [7, 11) is 0. The minimum atomic E-state index is 0. The summed E-state index contributed by atoms with van der Waals surface area (Å²) in [5, 5.41) is 5.22. The Hall–Kier alpha value is -1.77. The van der Waals surface area contributed by atoms with Crippen molar-refractivity contribution >= 4 is 23.3 Å². The summed E-state index contributed by atoms with van der Waals surface area (Å²) in [5.74, 6) is 0. The van der Waals surface area contributed by atoms with Gasteiger partial charge in [0.05, 0.1) is 5.52 Å². The lowest BCUT2D eigenvalue weighted by atomic mass is 9.99. The number of nitrogens with zero attached hydrogens (tertiary/aromatic N) is 1. The van der Waals surface area contributed by atoms with Crippen LogP contribution in [0.4, 0.5) is 0 Å². The van der Waals surface area contributed by atoms with E-state index < -0.39 is 0 Å². The van der Waals surface area contributed by atoms with Crippen LogP contribution in [0.3, 0.4) is 0 Å². The Bertz CT molecular complexity index is 822. The smallest absolute Gasteiger partial charge is 0.0534 e. The predicted octanol–water partition coefficient (Wildman–Crippen LogP) is 4.40. The molecular weight excluding hydrogens is 292 g/mol. The molecule has 1 N–H and O–H groups in total. The normalized spacial score (nSPS) is 22.4. The lowest BCUT2D eigenvalue weighted by Gasteiger charge is -2.24. The third-order valence-corrected chi connectivity index (χ3v) is 5.06. The molecule has 0 aliphatic carbocycles. The zero-order chi connectivity index (χ0) is 13.8. The fourth-order valence-corrected chi connectivity index (χ4v) is 4.22. The maximum atomic E-state index is 3.79. The highest BCUT2D eigenvalue weighted by Crippen LogP contribution is 2.42. The first-order chi connectivity index (χ1) is 10.4. The van der Waals surface area contributed by atoms with Crippen molar-refractivity contribution in [1.82, 2.24) is 9.88 Å². The topological polar surface area (TPSA) is 17.0 Å². The van der Waals surface area contributed by atoms with Gasteiger partial charge in [0, 0.05) is 35.3 Å². The third kappa shape index (κ3) is 1.84. The molecule has 1 saturated heterocycles. The van der Waals surface area contributed by atoms with E-state index in [0.717, 1.165) is 6.42 Å². The maximum Gasteiger partial charge on any atom is 0.0534 e. The van der Waals surface area contributed by atoms with Gasteiger partial charge in [0.1, 0.15) is 0 Å². The van der Waals surface area contributed by atoms with Crippen molar-refractivity contribution in [3.8, 4) is 5.69 Å². The number of benzene rings is 2. The monoisotopic (exact) mass is 310 g/mol. The summed E-state index contributed by atoms with van der Waals surface area (Å²) in [6.45, 7) is 0. The molecule has 3 heterocycles. The molecule has 0 spiro atoms. The summed E-state index contributed by atoms with van der Waals surface area (Å²) in [4.78, 5) is 0. The van der Waals surface area contributed by atoms with E-state index in [1.54, 1.807) is 5.56 Å². The maximum absolute atomic E-state index is 3.79. The van der Waals surface area contributed by atoms with Crippen molar-refractivity contribution in [3.05, 3.63) is 65.9 Å². The number of fused-ring (bicyclic) bond motifs is 6. The Labute approximate surface area is 136 Å². The third-order valence-electron chi connectivity index (χ3n) is 5.06. The van der Waals surface area contributed by atoms with E-state index in [2.05, 4.69) is 64.5 Å². The largest absolute Gasteiger partial charge is 0.313 e. The predicted molar refractivity (Wildman–Crippen MR) is 93.1 cm³/mol. The highest BCUT2D eigenvalue weighted by Gasteiger charge is 2.36. The van der Waals surface area contributed by atoms with Gasteiger partial charge in [0.25, 0.3) is 0 Å². The molecular formula is C19H19ClN2. The van der Waals surface area contributed by atoms with Crippen LogP contribution in [0.25, 0.3) is 16.6 Å². The van der Waals surface area contributed by atoms with Crippen molar-refractivity contribution in [1.29, 1.82) is 0 Å². The van der Waals surface area contributed by atoms with Crippen LogP contribution in [0.2, 0.25) is 0 Å². The summed E-state index contributed by atoms with van der Waals surface area (Å²) < 4.78 is 2.48. The van der Waals surface area contributed by atoms with E-state index in [0.29, 0.717) is 12.1 Å². The Morgan fingerprint density at radius 1 is 0.909 bits per heavy atom. The minimum absolute atomic E-state index is 0.